The number of carboxylic acid groups (broad SMARTS) is 2. The molecule has 6 N–H and O–H groups in total. The molecule has 65 heavy (non-hydrogen) atoms. The molecule has 0 spiro atoms. The lowest BCUT2D eigenvalue weighted by Gasteiger charge is -2.28. The van der Waals surface area contributed by atoms with Gasteiger partial charge in [0.15, 0.2) is 5.78 Å². The molecule has 0 unspecified atom stereocenters. The number of aliphatic carboxylic acids is 2. The van der Waals surface area contributed by atoms with E-state index in [1.54, 1.807) is 0 Å². The van der Waals surface area contributed by atoms with Crippen LogP contribution in [-0.4, -0.2) is 130 Å². The van der Waals surface area contributed by atoms with Crippen molar-refractivity contribution in [2.24, 2.45) is 17.8 Å². The minimum absolute atomic E-state index is 0.0348. The highest BCUT2D eigenvalue weighted by molar-refractivity contribution is 5.86. The molecule has 0 aromatic rings. The topological polar surface area (TPSA) is 245 Å². The zero-order valence-corrected chi connectivity index (χ0v) is 39.9. The van der Waals surface area contributed by atoms with Gasteiger partial charge in [-0.25, -0.2) is 4.79 Å². The first-order chi connectivity index (χ1) is 31.4. The number of carbonyl (C=O) groups is 7. The second-order valence-corrected chi connectivity index (χ2v) is 17.7. The molecule has 0 radical (unpaired) electrons. The van der Waals surface area contributed by atoms with Gasteiger partial charge in [-0.05, 0) is 50.9 Å². The minimum atomic E-state index is -1.19. The number of carbonyl (C=O) groups excluding carboxylic acids is 5. The van der Waals surface area contributed by atoms with Gasteiger partial charge in [-0.3, -0.25) is 28.8 Å². The summed E-state index contributed by atoms with van der Waals surface area (Å²) in [4.78, 5) is 83.4. The van der Waals surface area contributed by atoms with Crippen molar-refractivity contribution in [1.82, 2.24) is 21.3 Å². The van der Waals surface area contributed by atoms with E-state index in [0.717, 1.165) is 51.4 Å². The van der Waals surface area contributed by atoms with Gasteiger partial charge in [-0.15, -0.1) is 0 Å². The van der Waals surface area contributed by atoms with Crippen LogP contribution in [0.4, 0.5) is 0 Å². The number of rotatable bonds is 44. The first-order valence-corrected chi connectivity index (χ1v) is 24.8. The Hall–Kier alpha value is -3.67. The molecular weight excluding hydrogens is 841 g/mol. The van der Waals surface area contributed by atoms with Gasteiger partial charge >= 0.3 is 11.9 Å². The van der Waals surface area contributed by atoms with Crippen LogP contribution in [0.5, 0.6) is 0 Å². The first-order valence-electron chi connectivity index (χ1n) is 24.8. The number of nitrogens with one attached hydrogen (secondary N) is 4. The molecule has 0 aliphatic heterocycles. The van der Waals surface area contributed by atoms with Crippen LogP contribution in [0.1, 0.15) is 168 Å². The Balaban J connectivity index is 1.99. The van der Waals surface area contributed by atoms with Gasteiger partial charge in [-0.1, -0.05) is 104 Å². The number of hydrogen-bond donors (Lipinski definition) is 6. The molecule has 0 saturated heterocycles. The molecule has 4 amide bonds. The third-order valence-corrected chi connectivity index (χ3v) is 11.6. The van der Waals surface area contributed by atoms with Crippen molar-refractivity contribution in [2.45, 2.75) is 174 Å². The smallest absolute Gasteiger partial charge is 0.326 e. The number of amides is 4. The zero-order chi connectivity index (χ0) is 47.8. The fourth-order valence-corrected chi connectivity index (χ4v) is 7.44. The molecule has 1 aliphatic rings. The molecule has 1 saturated carbocycles. The molecule has 0 heterocycles. The standard InChI is InChI=1S/C48H86N4O13/c1-38(2)42(53)36-64-33-31-63-30-28-50-45(56)37-65-34-32-62-29-27-49-44(55)26-25-41(48(60)61)52-47(59)40-23-21-39(22-24-40)35-51-43(54)19-17-15-13-11-9-7-5-3-4-6-8-10-12-14-16-18-20-46(57)58/h38-41H,3-37H2,1-2H3,(H,49,55)(H,50,56)(H,51,54)(H,52,59)(H,57,58)(H,60,61)/t39-,40-,41-/m0/s1. The Morgan fingerprint density at radius 1 is 0.508 bits per heavy atom. The first kappa shape index (κ1) is 59.3. The van der Waals surface area contributed by atoms with Gasteiger partial charge in [0.1, 0.15) is 19.3 Å². The van der Waals surface area contributed by atoms with Crippen LogP contribution in [0.25, 0.3) is 0 Å². The summed E-state index contributed by atoms with van der Waals surface area (Å²) in [7, 11) is 0. The summed E-state index contributed by atoms with van der Waals surface area (Å²) in [5.41, 5.74) is 0. The van der Waals surface area contributed by atoms with E-state index in [4.69, 9.17) is 24.1 Å². The predicted molar refractivity (Wildman–Crippen MR) is 247 cm³/mol. The Labute approximate surface area is 388 Å². The van der Waals surface area contributed by atoms with E-state index >= 15 is 0 Å². The molecule has 0 aromatic carbocycles. The second-order valence-electron chi connectivity index (χ2n) is 17.7. The zero-order valence-electron chi connectivity index (χ0n) is 39.9. The van der Waals surface area contributed by atoms with Gasteiger partial charge in [0.25, 0.3) is 0 Å². The summed E-state index contributed by atoms with van der Waals surface area (Å²) < 4.78 is 21.3. The summed E-state index contributed by atoms with van der Waals surface area (Å²) in [6.45, 7) is 6.15. The largest absolute Gasteiger partial charge is 0.481 e. The number of hydrogen-bond acceptors (Lipinski definition) is 11. The maximum Gasteiger partial charge on any atom is 0.326 e. The van der Waals surface area contributed by atoms with Crippen molar-refractivity contribution in [3.8, 4) is 0 Å². The molecule has 0 aromatic heterocycles. The van der Waals surface area contributed by atoms with Crippen LogP contribution in [0.3, 0.4) is 0 Å². The van der Waals surface area contributed by atoms with E-state index in [-0.39, 0.29) is 99.6 Å². The molecule has 17 heteroatoms. The minimum Gasteiger partial charge on any atom is -0.481 e. The Bertz CT molecular complexity index is 1310. The summed E-state index contributed by atoms with van der Waals surface area (Å²) in [6.07, 6.45) is 22.3. The van der Waals surface area contributed by atoms with Crippen LogP contribution < -0.4 is 21.3 Å². The highest BCUT2D eigenvalue weighted by Crippen LogP contribution is 2.29. The van der Waals surface area contributed by atoms with Crippen molar-refractivity contribution in [1.29, 1.82) is 0 Å². The van der Waals surface area contributed by atoms with E-state index in [1.807, 2.05) is 13.8 Å². The maximum absolute atomic E-state index is 12.9. The summed E-state index contributed by atoms with van der Waals surface area (Å²) in [6, 6.07) is -1.18. The van der Waals surface area contributed by atoms with Crippen molar-refractivity contribution in [3.63, 3.8) is 0 Å². The van der Waals surface area contributed by atoms with Crippen molar-refractivity contribution < 1.29 is 62.7 Å². The highest BCUT2D eigenvalue weighted by atomic mass is 16.5. The SMILES string of the molecule is CC(C)C(=O)COCCOCCNC(=O)COCCOCCNC(=O)CC[C@H](NC(=O)[C@H]1CC[C@H](CNC(=O)CCCCCCCCCCCCCCCCCCC(=O)O)CC1)C(=O)O. The Morgan fingerprint density at radius 2 is 0.954 bits per heavy atom. The van der Waals surface area contributed by atoms with Gasteiger partial charge < -0.3 is 50.4 Å². The number of ketones is 1. The number of carboxylic acids is 2. The Morgan fingerprint density at radius 3 is 1.45 bits per heavy atom. The number of unbranched alkanes of at least 4 members (excludes halogenated alkanes) is 15. The van der Waals surface area contributed by atoms with Crippen LogP contribution >= 0.6 is 0 Å². The highest BCUT2D eigenvalue weighted by Gasteiger charge is 2.30. The maximum atomic E-state index is 12.9. The van der Waals surface area contributed by atoms with Crippen LogP contribution in [0.15, 0.2) is 0 Å². The lowest BCUT2D eigenvalue weighted by molar-refractivity contribution is -0.143. The van der Waals surface area contributed by atoms with E-state index in [1.165, 1.54) is 64.2 Å². The summed E-state index contributed by atoms with van der Waals surface area (Å²) in [5, 5.41) is 29.4. The normalized spacial score (nSPS) is 15.3. The quantitative estimate of drug-likeness (QED) is 0.0391. The van der Waals surface area contributed by atoms with Gasteiger partial charge in [0.2, 0.25) is 23.6 Å². The molecule has 0 bridgehead atoms. The van der Waals surface area contributed by atoms with E-state index in [2.05, 4.69) is 21.3 Å². The molecular formula is C48H86N4O13. The van der Waals surface area contributed by atoms with Crippen molar-refractivity contribution in [2.75, 3.05) is 72.5 Å². The van der Waals surface area contributed by atoms with E-state index < -0.39 is 18.0 Å². The number of Topliss-reactive ketones (excluding diaryl/α,β-unsaturated/α-hetero) is 1. The lowest BCUT2D eigenvalue weighted by Crippen LogP contribution is -2.45. The monoisotopic (exact) mass is 927 g/mol. The summed E-state index contributed by atoms with van der Waals surface area (Å²) >= 11 is 0. The van der Waals surface area contributed by atoms with Crippen LogP contribution in [-0.2, 0) is 52.5 Å². The summed E-state index contributed by atoms with van der Waals surface area (Å²) in [5.74, 6) is -2.84. The average Bonchev–Trinajstić information content (AvgIpc) is 3.28. The molecule has 1 rings (SSSR count). The number of ether oxygens (including phenoxy) is 4. The van der Waals surface area contributed by atoms with Crippen LogP contribution in [0, 0.1) is 17.8 Å². The molecule has 1 fully saturated rings. The fraction of sp³-hybridized carbons (Fsp3) is 0.854. The lowest BCUT2D eigenvalue weighted by atomic mass is 9.81. The second kappa shape index (κ2) is 40.6. The van der Waals surface area contributed by atoms with E-state index in [0.29, 0.717) is 58.6 Å². The van der Waals surface area contributed by atoms with Crippen molar-refractivity contribution >= 4 is 41.4 Å². The third kappa shape index (κ3) is 36.2. The average molecular weight is 927 g/mol. The Kier molecular flexibility index (Phi) is 37.1. The van der Waals surface area contributed by atoms with Gasteiger partial charge in [0, 0.05) is 50.7 Å². The van der Waals surface area contributed by atoms with Gasteiger partial charge in [-0.2, -0.15) is 0 Å². The van der Waals surface area contributed by atoms with Gasteiger partial charge in [0.05, 0.1) is 39.6 Å². The molecule has 17 nitrogen and oxygen atoms in total. The third-order valence-electron chi connectivity index (χ3n) is 11.6. The molecule has 1 atom stereocenters. The van der Waals surface area contributed by atoms with Crippen molar-refractivity contribution in [3.05, 3.63) is 0 Å². The van der Waals surface area contributed by atoms with Crippen LogP contribution in [0.2, 0.25) is 0 Å². The molecule has 376 valence electrons. The fourth-order valence-electron chi connectivity index (χ4n) is 7.44. The predicted octanol–water partition coefficient (Wildman–Crippen LogP) is 5.89. The van der Waals surface area contributed by atoms with E-state index in [9.17, 15) is 38.7 Å². The molecule has 1 aliphatic carbocycles.